The van der Waals surface area contributed by atoms with Crippen LogP contribution in [0.15, 0.2) is 0 Å². The van der Waals surface area contributed by atoms with Gasteiger partial charge in [-0.1, -0.05) is 0 Å². The van der Waals surface area contributed by atoms with Crippen LogP contribution in [0.2, 0.25) is 0 Å². The Kier molecular flexibility index (Phi) is 3.92. The first kappa shape index (κ1) is 11.2. The van der Waals surface area contributed by atoms with Crippen molar-refractivity contribution >= 4 is 7.60 Å². The molecule has 0 aliphatic carbocycles. The minimum Gasteiger partial charge on any atom is -0.372 e. The maximum atomic E-state index is 12.1. The molecule has 1 heterocycles. The molecule has 2 unspecified atom stereocenters. The molecule has 0 aromatic rings. The Morgan fingerprint density at radius 3 is 2.23 bits per heavy atom. The minimum atomic E-state index is -2.93. The van der Waals surface area contributed by atoms with Gasteiger partial charge in [-0.2, -0.15) is 0 Å². The summed E-state index contributed by atoms with van der Waals surface area (Å²) >= 11 is 0. The number of hydrogen-bond donors (Lipinski definition) is 0. The summed E-state index contributed by atoms with van der Waals surface area (Å²) in [6.45, 7) is 6.97. The number of epoxide rings is 1. The molecule has 0 N–H and O–H groups in total. The van der Waals surface area contributed by atoms with Gasteiger partial charge < -0.3 is 13.8 Å². The third kappa shape index (κ3) is 2.78. The summed E-state index contributed by atoms with van der Waals surface area (Å²) in [5.41, 5.74) is -0.146. The zero-order chi connectivity index (χ0) is 9.90. The maximum absolute atomic E-state index is 12.1. The summed E-state index contributed by atoms with van der Waals surface area (Å²) in [5, 5.41) is 0. The van der Waals surface area contributed by atoms with Gasteiger partial charge in [0.1, 0.15) is 0 Å². The number of ether oxygens (including phenoxy) is 1. The Labute approximate surface area is 79.1 Å². The number of hydrogen-bond acceptors (Lipinski definition) is 4. The standard InChI is InChI=1S/C8H17O4P/c1-4-11-13(9,12-5-2)7(3)8-6-10-8/h7-8H,4-6H2,1-3H3. The van der Waals surface area contributed by atoms with Crippen molar-refractivity contribution in [2.75, 3.05) is 19.8 Å². The molecule has 0 aromatic carbocycles. The summed E-state index contributed by atoms with van der Waals surface area (Å²) in [6, 6.07) is 0. The van der Waals surface area contributed by atoms with E-state index in [9.17, 15) is 4.57 Å². The molecule has 0 saturated carbocycles. The van der Waals surface area contributed by atoms with Gasteiger partial charge in [0.2, 0.25) is 0 Å². The predicted molar refractivity (Wildman–Crippen MR) is 50.1 cm³/mol. The zero-order valence-corrected chi connectivity index (χ0v) is 9.25. The van der Waals surface area contributed by atoms with E-state index < -0.39 is 7.60 Å². The second-order valence-corrected chi connectivity index (χ2v) is 5.40. The fraction of sp³-hybridized carbons (Fsp3) is 1.00. The quantitative estimate of drug-likeness (QED) is 0.495. The van der Waals surface area contributed by atoms with Crippen molar-refractivity contribution in [1.29, 1.82) is 0 Å². The van der Waals surface area contributed by atoms with E-state index >= 15 is 0 Å². The molecule has 1 rings (SSSR count). The van der Waals surface area contributed by atoms with E-state index in [-0.39, 0.29) is 11.8 Å². The molecule has 0 amide bonds. The molecular formula is C8H17O4P. The SMILES string of the molecule is CCOP(=O)(OCC)C(C)C1CO1. The van der Waals surface area contributed by atoms with Gasteiger partial charge in [-0.15, -0.1) is 0 Å². The lowest BCUT2D eigenvalue weighted by Crippen LogP contribution is -2.15. The third-order valence-electron chi connectivity index (χ3n) is 2.01. The molecule has 0 spiro atoms. The Balaban J connectivity index is 2.57. The third-order valence-corrected chi connectivity index (χ3v) is 4.58. The average Bonchev–Trinajstić information content (AvgIpc) is 2.86. The van der Waals surface area contributed by atoms with Gasteiger partial charge in [0.25, 0.3) is 0 Å². The molecule has 1 saturated heterocycles. The van der Waals surface area contributed by atoms with Crippen LogP contribution in [0.3, 0.4) is 0 Å². The second-order valence-electron chi connectivity index (χ2n) is 2.99. The monoisotopic (exact) mass is 208 g/mol. The molecule has 1 aliphatic rings. The van der Waals surface area contributed by atoms with Gasteiger partial charge >= 0.3 is 7.60 Å². The molecule has 2 atom stereocenters. The Morgan fingerprint density at radius 2 is 1.92 bits per heavy atom. The smallest absolute Gasteiger partial charge is 0.336 e. The highest BCUT2D eigenvalue weighted by atomic mass is 31.2. The van der Waals surface area contributed by atoms with E-state index in [0.29, 0.717) is 19.8 Å². The normalized spacial score (nSPS) is 24.4. The lowest BCUT2D eigenvalue weighted by Gasteiger charge is -2.21. The second kappa shape index (κ2) is 4.56. The lowest BCUT2D eigenvalue weighted by atomic mass is 10.4. The van der Waals surface area contributed by atoms with E-state index in [0.717, 1.165) is 0 Å². The summed E-state index contributed by atoms with van der Waals surface area (Å²) in [5.74, 6) is 0. The fourth-order valence-electron chi connectivity index (χ4n) is 1.17. The van der Waals surface area contributed by atoms with Gasteiger partial charge in [-0.25, -0.2) is 0 Å². The van der Waals surface area contributed by atoms with Crippen molar-refractivity contribution in [3.63, 3.8) is 0 Å². The van der Waals surface area contributed by atoms with E-state index in [2.05, 4.69) is 0 Å². The van der Waals surface area contributed by atoms with Crippen LogP contribution in [-0.4, -0.2) is 31.6 Å². The van der Waals surface area contributed by atoms with E-state index in [1.165, 1.54) is 0 Å². The Hall–Kier alpha value is 0.110. The first-order valence-electron chi connectivity index (χ1n) is 4.64. The molecule has 4 nitrogen and oxygen atoms in total. The summed E-state index contributed by atoms with van der Waals surface area (Å²) in [7, 11) is -2.93. The first-order valence-corrected chi connectivity index (χ1v) is 6.25. The van der Waals surface area contributed by atoms with Crippen molar-refractivity contribution in [1.82, 2.24) is 0 Å². The number of rotatable bonds is 6. The van der Waals surface area contributed by atoms with Gasteiger partial charge in [0, 0.05) is 0 Å². The van der Waals surface area contributed by atoms with Crippen molar-refractivity contribution in [2.24, 2.45) is 0 Å². The van der Waals surface area contributed by atoms with Gasteiger partial charge in [0.15, 0.2) is 0 Å². The molecule has 13 heavy (non-hydrogen) atoms. The van der Waals surface area contributed by atoms with Crippen molar-refractivity contribution in [3.8, 4) is 0 Å². The Morgan fingerprint density at radius 1 is 1.46 bits per heavy atom. The van der Waals surface area contributed by atoms with Gasteiger partial charge in [-0.3, -0.25) is 4.57 Å². The zero-order valence-electron chi connectivity index (χ0n) is 8.36. The van der Waals surface area contributed by atoms with Gasteiger partial charge in [-0.05, 0) is 20.8 Å². The molecule has 5 heteroatoms. The molecule has 78 valence electrons. The van der Waals surface area contributed by atoms with Crippen LogP contribution in [0.5, 0.6) is 0 Å². The topological polar surface area (TPSA) is 48.1 Å². The fourth-order valence-corrected chi connectivity index (χ4v) is 3.01. The van der Waals surface area contributed by atoms with Crippen molar-refractivity contribution in [3.05, 3.63) is 0 Å². The highest BCUT2D eigenvalue weighted by Crippen LogP contribution is 2.55. The lowest BCUT2D eigenvalue weighted by molar-refractivity contribution is 0.208. The van der Waals surface area contributed by atoms with Crippen LogP contribution in [0.1, 0.15) is 20.8 Å². The van der Waals surface area contributed by atoms with Crippen LogP contribution >= 0.6 is 7.60 Å². The van der Waals surface area contributed by atoms with Crippen LogP contribution in [0.4, 0.5) is 0 Å². The predicted octanol–water partition coefficient (Wildman–Crippen LogP) is 2.04. The van der Waals surface area contributed by atoms with E-state index in [1.54, 1.807) is 0 Å². The highest BCUT2D eigenvalue weighted by Gasteiger charge is 2.43. The molecule has 0 radical (unpaired) electrons. The van der Waals surface area contributed by atoms with E-state index in [1.807, 2.05) is 20.8 Å². The molecule has 1 aliphatic heterocycles. The van der Waals surface area contributed by atoms with Gasteiger partial charge in [0.05, 0.1) is 31.6 Å². The molecule has 1 fully saturated rings. The van der Waals surface area contributed by atoms with Crippen molar-refractivity contribution < 1.29 is 18.3 Å². The molecular weight excluding hydrogens is 191 g/mol. The molecule has 0 bridgehead atoms. The van der Waals surface area contributed by atoms with Crippen LogP contribution < -0.4 is 0 Å². The van der Waals surface area contributed by atoms with Crippen LogP contribution in [0, 0.1) is 0 Å². The van der Waals surface area contributed by atoms with Crippen LogP contribution in [-0.2, 0) is 18.3 Å². The van der Waals surface area contributed by atoms with E-state index in [4.69, 9.17) is 13.8 Å². The summed E-state index contributed by atoms with van der Waals surface area (Å²) in [6.07, 6.45) is 0.0592. The van der Waals surface area contributed by atoms with Crippen molar-refractivity contribution in [2.45, 2.75) is 32.5 Å². The summed E-state index contributed by atoms with van der Waals surface area (Å²) < 4.78 is 27.5. The maximum Gasteiger partial charge on any atom is 0.336 e. The minimum absolute atomic E-state index is 0.0592. The molecule has 0 aromatic heterocycles. The largest absolute Gasteiger partial charge is 0.372 e. The average molecular weight is 208 g/mol. The first-order chi connectivity index (χ1) is 6.14. The highest BCUT2D eigenvalue weighted by molar-refractivity contribution is 7.54. The summed E-state index contributed by atoms with van der Waals surface area (Å²) in [4.78, 5) is 0. The van der Waals surface area contributed by atoms with Crippen LogP contribution in [0.25, 0.3) is 0 Å². The Bertz CT molecular complexity index is 192.